The quantitative estimate of drug-likeness (QED) is 0.748. The third-order valence-corrected chi connectivity index (χ3v) is 3.98. The fourth-order valence-electron chi connectivity index (χ4n) is 2.09. The van der Waals surface area contributed by atoms with E-state index in [1.165, 1.54) is 0 Å². The minimum absolute atomic E-state index is 0.0736. The first-order chi connectivity index (χ1) is 9.93. The van der Waals surface area contributed by atoms with Gasteiger partial charge in [-0.25, -0.2) is 4.98 Å². The lowest BCUT2D eigenvalue weighted by molar-refractivity contribution is -0.134. The molecule has 2 aromatic heterocycles. The molecule has 2 aromatic rings. The van der Waals surface area contributed by atoms with Gasteiger partial charge in [0.2, 0.25) is 5.91 Å². The highest BCUT2D eigenvalue weighted by Crippen LogP contribution is 2.26. The summed E-state index contributed by atoms with van der Waals surface area (Å²) in [4.78, 5) is 26.6. The van der Waals surface area contributed by atoms with E-state index >= 15 is 0 Å². The second-order valence-corrected chi connectivity index (χ2v) is 5.48. The average molecular weight is 311 g/mol. The van der Waals surface area contributed by atoms with Gasteiger partial charge in [0, 0.05) is 27.1 Å². The molecule has 0 aliphatic carbocycles. The zero-order valence-corrected chi connectivity index (χ0v) is 12.9. The third-order valence-electron chi connectivity index (χ3n) is 3.02. The van der Waals surface area contributed by atoms with Crippen LogP contribution in [0.5, 0.6) is 0 Å². The molecule has 21 heavy (non-hydrogen) atoms. The Hall–Kier alpha value is -2.03. The lowest BCUT2D eigenvalue weighted by atomic mass is 10.4. The number of carbonyl (C=O) groups excluding carboxylic acids is 1. The molecule has 0 radical (unpaired) electrons. The highest BCUT2D eigenvalue weighted by Gasteiger charge is 2.18. The summed E-state index contributed by atoms with van der Waals surface area (Å²) in [6.07, 6.45) is 0.298. The first-order valence-electron chi connectivity index (χ1n) is 6.39. The summed E-state index contributed by atoms with van der Waals surface area (Å²) in [6.45, 7) is 2.28. The van der Waals surface area contributed by atoms with Crippen LogP contribution in [0, 0.1) is 6.92 Å². The zero-order chi connectivity index (χ0) is 15.6. The number of carboxylic acids is 1. The summed E-state index contributed by atoms with van der Waals surface area (Å²) in [6, 6.07) is 0. The first-order valence-corrected chi connectivity index (χ1v) is 7.37. The van der Waals surface area contributed by atoms with Crippen LogP contribution in [0.3, 0.4) is 0 Å². The van der Waals surface area contributed by atoms with Crippen molar-refractivity contribution in [2.24, 2.45) is 7.05 Å². The van der Waals surface area contributed by atoms with Crippen molar-refractivity contribution in [1.82, 2.24) is 24.6 Å². The first kappa shape index (κ1) is 15.4. The van der Waals surface area contributed by atoms with Gasteiger partial charge in [0.15, 0.2) is 10.8 Å². The Kier molecular flexibility index (Phi) is 4.51. The molecule has 0 spiro atoms. The lowest BCUT2D eigenvalue weighted by Gasteiger charge is -2.08. The standard InChI is InChI=1S/C12H17N5O3S/c1-7-10-11(16(3)15-7)17(5-4-8(18)13-2)12(14-10)21-6-9(19)20/h4-6H2,1-3H3,(H,13,18)(H,19,20). The zero-order valence-electron chi connectivity index (χ0n) is 12.1. The van der Waals surface area contributed by atoms with Crippen molar-refractivity contribution in [3.05, 3.63) is 5.69 Å². The smallest absolute Gasteiger partial charge is 0.313 e. The monoisotopic (exact) mass is 311 g/mol. The van der Waals surface area contributed by atoms with E-state index in [9.17, 15) is 9.59 Å². The number of carbonyl (C=O) groups is 2. The summed E-state index contributed by atoms with van der Waals surface area (Å²) in [5, 5.41) is 16.3. The number of imidazole rings is 1. The van der Waals surface area contributed by atoms with Crippen molar-refractivity contribution in [2.75, 3.05) is 12.8 Å². The van der Waals surface area contributed by atoms with Gasteiger partial charge in [0.05, 0.1) is 11.4 Å². The molecule has 0 atom stereocenters. The van der Waals surface area contributed by atoms with Crippen LogP contribution in [-0.2, 0) is 23.2 Å². The van der Waals surface area contributed by atoms with Crippen molar-refractivity contribution >= 4 is 34.8 Å². The summed E-state index contributed by atoms with van der Waals surface area (Å²) in [7, 11) is 3.39. The molecule has 8 nitrogen and oxygen atoms in total. The molecule has 0 bridgehead atoms. The van der Waals surface area contributed by atoms with E-state index in [0.29, 0.717) is 18.1 Å². The molecule has 0 saturated heterocycles. The van der Waals surface area contributed by atoms with E-state index in [4.69, 9.17) is 5.11 Å². The van der Waals surface area contributed by atoms with Crippen LogP contribution in [0.4, 0.5) is 0 Å². The van der Waals surface area contributed by atoms with Gasteiger partial charge < -0.3 is 15.0 Å². The Morgan fingerprint density at radius 1 is 1.43 bits per heavy atom. The molecule has 2 rings (SSSR count). The highest BCUT2D eigenvalue weighted by atomic mass is 32.2. The maximum atomic E-state index is 11.4. The second-order valence-electron chi connectivity index (χ2n) is 4.53. The number of aliphatic carboxylic acids is 1. The number of nitrogens with zero attached hydrogens (tertiary/aromatic N) is 4. The Bertz CT molecular complexity index is 691. The number of fused-ring (bicyclic) bond motifs is 1. The van der Waals surface area contributed by atoms with Crippen molar-refractivity contribution in [3.63, 3.8) is 0 Å². The molecule has 2 heterocycles. The minimum atomic E-state index is -0.903. The predicted octanol–water partition coefficient (Wildman–Crippen LogP) is 0.391. The van der Waals surface area contributed by atoms with Crippen LogP contribution >= 0.6 is 11.8 Å². The van der Waals surface area contributed by atoms with E-state index in [-0.39, 0.29) is 11.7 Å². The number of hydrogen-bond acceptors (Lipinski definition) is 5. The predicted molar refractivity (Wildman–Crippen MR) is 78.3 cm³/mol. The molecule has 2 N–H and O–H groups in total. The summed E-state index contributed by atoms with van der Waals surface area (Å²) >= 11 is 1.14. The van der Waals surface area contributed by atoms with Gasteiger partial charge in [-0.05, 0) is 6.92 Å². The molecule has 114 valence electrons. The van der Waals surface area contributed by atoms with E-state index in [0.717, 1.165) is 28.6 Å². The van der Waals surface area contributed by atoms with Gasteiger partial charge in [-0.15, -0.1) is 0 Å². The largest absolute Gasteiger partial charge is 0.481 e. The van der Waals surface area contributed by atoms with E-state index in [1.54, 1.807) is 18.8 Å². The second kappa shape index (κ2) is 6.17. The van der Waals surface area contributed by atoms with Crippen LogP contribution in [0.25, 0.3) is 11.2 Å². The van der Waals surface area contributed by atoms with E-state index < -0.39 is 5.97 Å². The summed E-state index contributed by atoms with van der Waals surface area (Å²) < 4.78 is 3.55. The number of rotatable bonds is 6. The SMILES string of the molecule is CNC(=O)CCn1c(SCC(=O)O)nc2c(C)nn(C)c21. The molecule has 1 amide bonds. The number of carboxylic acid groups (broad SMARTS) is 1. The molecular formula is C12H17N5O3S. The minimum Gasteiger partial charge on any atom is -0.481 e. The van der Waals surface area contributed by atoms with E-state index in [2.05, 4.69) is 15.4 Å². The van der Waals surface area contributed by atoms with Gasteiger partial charge in [-0.1, -0.05) is 11.8 Å². The molecule has 9 heteroatoms. The van der Waals surface area contributed by atoms with Crippen LogP contribution in [0.2, 0.25) is 0 Å². The molecule has 0 aromatic carbocycles. The van der Waals surface area contributed by atoms with Crippen LogP contribution in [0.15, 0.2) is 5.16 Å². The highest BCUT2D eigenvalue weighted by molar-refractivity contribution is 7.99. The Balaban J connectivity index is 2.38. The number of aryl methyl sites for hydroxylation is 3. The Morgan fingerprint density at radius 3 is 2.76 bits per heavy atom. The normalized spacial score (nSPS) is 11.0. The van der Waals surface area contributed by atoms with Crippen molar-refractivity contribution in [2.45, 2.75) is 25.0 Å². The maximum Gasteiger partial charge on any atom is 0.313 e. The van der Waals surface area contributed by atoms with Crippen LogP contribution in [-0.4, -0.2) is 49.1 Å². The average Bonchev–Trinajstić information content (AvgIpc) is 2.92. The number of aromatic nitrogens is 4. The molecule has 0 fully saturated rings. The number of nitrogens with one attached hydrogen (secondary N) is 1. The van der Waals surface area contributed by atoms with Crippen molar-refractivity contribution in [3.8, 4) is 0 Å². The van der Waals surface area contributed by atoms with Crippen LogP contribution < -0.4 is 5.32 Å². The lowest BCUT2D eigenvalue weighted by Crippen LogP contribution is -2.20. The van der Waals surface area contributed by atoms with Gasteiger partial charge >= 0.3 is 5.97 Å². The summed E-state index contributed by atoms with van der Waals surface area (Å²) in [5.74, 6) is -1.06. The number of hydrogen-bond donors (Lipinski definition) is 2. The van der Waals surface area contributed by atoms with Crippen molar-refractivity contribution < 1.29 is 14.7 Å². The fourth-order valence-corrected chi connectivity index (χ4v) is 2.83. The molecule has 0 saturated carbocycles. The van der Waals surface area contributed by atoms with Gasteiger partial charge in [0.1, 0.15) is 5.52 Å². The summed E-state index contributed by atoms with van der Waals surface area (Å²) in [5.41, 5.74) is 2.31. The van der Waals surface area contributed by atoms with E-state index in [1.807, 2.05) is 11.5 Å². The van der Waals surface area contributed by atoms with Gasteiger partial charge in [-0.2, -0.15) is 5.10 Å². The molecular weight excluding hydrogens is 294 g/mol. The Morgan fingerprint density at radius 2 is 2.14 bits per heavy atom. The number of thioether (sulfide) groups is 1. The van der Waals surface area contributed by atoms with Gasteiger partial charge in [-0.3, -0.25) is 14.3 Å². The topological polar surface area (TPSA) is 102 Å². The van der Waals surface area contributed by atoms with Crippen LogP contribution in [0.1, 0.15) is 12.1 Å². The molecule has 0 aliphatic rings. The fraction of sp³-hybridized carbons (Fsp3) is 0.500. The molecule has 0 aliphatic heterocycles. The third kappa shape index (κ3) is 3.18. The van der Waals surface area contributed by atoms with Gasteiger partial charge in [0.25, 0.3) is 0 Å². The van der Waals surface area contributed by atoms with Crippen molar-refractivity contribution in [1.29, 1.82) is 0 Å². The Labute approximate surface area is 125 Å². The maximum absolute atomic E-state index is 11.4. The molecule has 0 unspecified atom stereocenters. The number of amides is 1.